The lowest BCUT2D eigenvalue weighted by molar-refractivity contribution is -0.121. The number of aliphatic hydroxyl groups excluding tert-OH is 1. The summed E-state index contributed by atoms with van der Waals surface area (Å²) >= 11 is 0. The van der Waals surface area contributed by atoms with Crippen LogP contribution in [0.15, 0.2) is 0 Å². The van der Waals surface area contributed by atoms with Gasteiger partial charge in [-0.3, -0.25) is 0 Å². The maximum absolute atomic E-state index is 11.9. The Hall–Kier alpha value is -0.380. The molecule has 0 aliphatic carbocycles. The van der Waals surface area contributed by atoms with Gasteiger partial charge in [0, 0.05) is 0 Å². The van der Waals surface area contributed by atoms with Crippen LogP contribution in [0.2, 0.25) is 0 Å². The van der Waals surface area contributed by atoms with E-state index >= 15 is 0 Å². The zero-order chi connectivity index (χ0) is 13.7. The Morgan fingerprint density at radius 1 is 1.18 bits per heavy atom. The molecule has 104 valence electrons. The summed E-state index contributed by atoms with van der Waals surface area (Å²) in [5.41, 5.74) is -1.13. The SMILES string of the molecule is CCC(CC)(CO)NS(=O)(=O)NCC(F)(F)F. The second-order valence-corrected chi connectivity index (χ2v) is 5.19. The van der Waals surface area contributed by atoms with E-state index in [2.05, 4.69) is 0 Å². The Labute approximate surface area is 98.6 Å². The molecule has 17 heavy (non-hydrogen) atoms. The summed E-state index contributed by atoms with van der Waals surface area (Å²) in [6.07, 6.45) is -4.07. The maximum atomic E-state index is 11.9. The Morgan fingerprint density at radius 3 is 1.94 bits per heavy atom. The summed E-state index contributed by atoms with van der Waals surface area (Å²) in [6, 6.07) is 0. The van der Waals surface area contributed by atoms with E-state index in [4.69, 9.17) is 5.11 Å². The molecule has 0 bridgehead atoms. The van der Waals surface area contributed by atoms with Gasteiger partial charge in [0.05, 0.1) is 12.1 Å². The molecule has 0 heterocycles. The highest BCUT2D eigenvalue weighted by atomic mass is 32.2. The molecule has 3 N–H and O–H groups in total. The van der Waals surface area contributed by atoms with E-state index in [1.165, 1.54) is 4.72 Å². The second-order valence-electron chi connectivity index (χ2n) is 3.69. The third kappa shape index (κ3) is 6.20. The van der Waals surface area contributed by atoms with Gasteiger partial charge < -0.3 is 5.11 Å². The minimum absolute atomic E-state index is 0.271. The van der Waals surface area contributed by atoms with Gasteiger partial charge in [-0.1, -0.05) is 13.8 Å². The molecule has 0 atom stereocenters. The highest BCUT2D eigenvalue weighted by Gasteiger charge is 2.34. The number of nitrogens with one attached hydrogen (secondary N) is 2. The van der Waals surface area contributed by atoms with Crippen molar-refractivity contribution in [2.24, 2.45) is 0 Å². The minimum atomic E-state index is -4.62. The first kappa shape index (κ1) is 16.6. The summed E-state index contributed by atoms with van der Waals surface area (Å²) in [5, 5.41) is 9.09. The molecule has 0 aromatic heterocycles. The van der Waals surface area contributed by atoms with Crippen molar-refractivity contribution < 1.29 is 26.7 Å². The summed E-state index contributed by atoms with van der Waals surface area (Å²) in [5.74, 6) is 0. The van der Waals surface area contributed by atoms with Crippen LogP contribution in [0, 0.1) is 0 Å². The molecular formula is C8H17F3N2O3S. The highest BCUT2D eigenvalue weighted by molar-refractivity contribution is 7.87. The van der Waals surface area contributed by atoms with Gasteiger partial charge in [-0.25, -0.2) is 0 Å². The highest BCUT2D eigenvalue weighted by Crippen LogP contribution is 2.16. The van der Waals surface area contributed by atoms with Gasteiger partial charge in [0.2, 0.25) is 0 Å². The van der Waals surface area contributed by atoms with Gasteiger partial charge in [0.1, 0.15) is 6.54 Å². The largest absolute Gasteiger partial charge is 0.402 e. The zero-order valence-corrected chi connectivity index (χ0v) is 10.5. The van der Waals surface area contributed by atoms with Crippen molar-refractivity contribution in [3.05, 3.63) is 0 Å². The maximum Gasteiger partial charge on any atom is 0.402 e. The molecule has 0 amide bonds. The lowest BCUT2D eigenvalue weighted by Gasteiger charge is -2.30. The van der Waals surface area contributed by atoms with Crippen LogP contribution in [0.5, 0.6) is 0 Å². The van der Waals surface area contributed by atoms with Gasteiger partial charge in [-0.2, -0.15) is 31.0 Å². The average Bonchev–Trinajstić information content (AvgIpc) is 2.23. The van der Waals surface area contributed by atoms with E-state index < -0.39 is 35.1 Å². The van der Waals surface area contributed by atoms with E-state index in [-0.39, 0.29) is 12.8 Å². The van der Waals surface area contributed by atoms with Crippen molar-refractivity contribution in [3.63, 3.8) is 0 Å². The van der Waals surface area contributed by atoms with Gasteiger partial charge in [0.25, 0.3) is 10.2 Å². The van der Waals surface area contributed by atoms with Gasteiger partial charge >= 0.3 is 6.18 Å². The van der Waals surface area contributed by atoms with Gasteiger partial charge in [-0.15, -0.1) is 0 Å². The molecule has 0 radical (unpaired) electrons. The molecule has 0 fully saturated rings. The van der Waals surface area contributed by atoms with Crippen molar-refractivity contribution in [1.29, 1.82) is 0 Å². The number of hydrogen-bond acceptors (Lipinski definition) is 3. The van der Waals surface area contributed by atoms with Crippen LogP contribution in [-0.4, -0.2) is 38.4 Å². The first-order valence-corrected chi connectivity index (χ1v) is 6.54. The fourth-order valence-electron chi connectivity index (χ4n) is 1.15. The third-order valence-corrected chi connectivity index (χ3v) is 3.70. The Morgan fingerprint density at radius 2 is 1.65 bits per heavy atom. The van der Waals surface area contributed by atoms with Crippen molar-refractivity contribution >= 4 is 10.2 Å². The standard InChI is InChI=1S/C8H17F3N2O3S/c1-3-7(4-2,6-14)13-17(15,16)12-5-8(9,10)11/h12-14H,3-6H2,1-2H3. The lowest BCUT2D eigenvalue weighted by atomic mass is 9.96. The monoisotopic (exact) mass is 278 g/mol. The fourth-order valence-corrected chi connectivity index (χ4v) is 2.50. The van der Waals surface area contributed by atoms with Crippen LogP contribution < -0.4 is 9.44 Å². The summed E-state index contributed by atoms with van der Waals surface area (Å²) in [7, 11) is -4.29. The van der Waals surface area contributed by atoms with E-state index in [0.717, 1.165) is 0 Å². The fraction of sp³-hybridized carbons (Fsp3) is 1.00. The van der Waals surface area contributed by atoms with E-state index in [9.17, 15) is 21.6 Å². The van der Waals surface area contributed by atoms with Crippen molar-refractivity contribution in [2.45, 2.75) is 38.4 Å². The van der Waals surface area contributed by atoms with Crippen LogP contribution in [0.1, 0.15) is 26.7 Å². The third-order valence-electron chi connectivity index (χ3n) is 2.47. The van der Waals surface area contributed by atoms with Crippen LogP contribution >= 0.6 is 0 Å². The molecule has 0 saturated carbocycles. The summed E-state index contributed by atoms with van der Waals surface area (Å²) < 4.78 is 61.7. The molecule has 0 aliphatic rings. The van der Waals surface area contributed by atoms with Crippen molar-refractivity contribution in [1.82, 2.24) is 9.44 Å². The molecule has 0 saturated heterocycles. The van der Waals surface area contributed by atoms with E-state index in [1.54, 1.807) is 13.8 Å². The minimum Gasteiger partial charge on any atom is -0.394 e. The van der Waals surface area contributed by atoms with Gasteiger partial charge in [0.15, 0.2) is 0 Å². The number of aliphatic hydroxyl groups is 1. The Balaban J connectivity index is 4.63. The molecule has 0 unspecified atom stereocenters. The number of rotatable bonds is 7. The second kappa shape index (κ2) is 5.98. The first-order valence-electron chi connectivity index (χ1n) is 5.06. The number of alkyl halides is 3. The molecule has 9 heteroatoms. The van der Waals surface area contributed by atoms with Crippen molar-refractivity contribution in [2.75, 3.05) is 13.2 Å². The average molecular weight is 278 g/mol. The topological polar surface area (TPSA) is 78.4 Å². The normalized spacial score (nSPS) is 14.0. The molecule has 0 aromatic carbocycles. The quantitative estimate of drug-likeness (QED) is 0.635. The van der Waals surface area contributed by atoms with Crippen molar-refractivity contribution in [3.8, 4) is 0 Å². The Bertz CT molecular complexity index is 317. The molecule has 0 aromatic rings. The van der Waals surface area contributed by atoms with Crippen LogP contribution in [0.4, 0.5) is 13.2 Å². The molecular weight excluding hydrogens is 261 g/mol. The van der Waals surface area contributed by atoms with Crippen LogP contribution in [0.3, 0.4) is 0 Å². The molecule has 0 spiro atoms. The van der Waals surface area contributed by atoms with Crippen LogP contribution in [0.25, 0.3) is 0 Å². The van der Waals surface area contributed by atoms with E-state index in [1.807, 2.05) is 4.72 Å². The molecule has 0 aliphatic heterocycles. The number of halogens is 3. The first-order chi connectivity index (χ1) is 7.60. The van der Waals surface area contributed by atoms with E-state index in [0.29, 0.717) is 0 Å². The predicted octanol–water partition coefficient (Wildman–Crippen LogP) is 0.524. The number of hydrogen-bond donors (Lipinski definition) is 3. The summed E-state index contributed by atoms with van der Waals surface area (Å²) in [6.45, 7) is 1.14. The molecule has 0 rings (SSSR count). The zero-order valence-electron chi connectivity index (χ0n) is 9.63. The van der Waals surface area contributed by atoms with Gasteiger partial charge in [-0.05, 0) is 12.8 Å². The predicted molar refractivity (Wildman–Crippen MR) is 56.5 cm³/mol. The Kier molecular flexibility index (Phi) is 5.85. The van der Waals surface area contributed by atoms with Crippen LogP contribution in [-0.2, 0) is 10.2 Å². The summed E-state index contributed by atoms with van der Waals surface area (Å²) in [4.78, 5) is 0. The smallest absolute Gasteiger partial charge is 0.394 e. The lowest BCUT2D eigenvalue weighted by Crippen LogP contribution is -2.55. The molecule has 5 nitrogen and oxygen atoms in total.